The molecule has 1 aliphatic heterocycles. The Morgan fingerprint density at radius 3 is 2.48 bits per heavy atom. The van der Waals surface area contributed by atoms with Crippen LogP contribution < -0.4 is 15.5 Å². The van der Waals surface area contributed by atoms with Gasteiger partial charge < -0.3 is 15.5 Å². The minimum atomic E-state index is -0.417. The number of hydrogen-bond acceptors (Lipinski definition) is 6. The monoisotopic (exact) mass is 437 g/mol. The molecular weight excluding hydrogens is 410 g/mol. The van der Waals surface area contributed by atoms with Gasteiger partial charge in [0.25, 0.3) is 0 Å². The molecule has 0 unspecified atom stereocenters. The number of amides is 1. The summed E-state index contributed by atoms with van der Waals surface area (Å²) in [7, 11) is 0. The van der Waals surface area contributed by atoms with Crippen molar-refractivity contribution in [2.45, 2.75) is 50.6 Å². The van der Waals surface area contributed by atoms with Crippen LogP contribution >= 0.6 is 11.8 Å². The molecule has 0 spiro atoms. The number of fused-ring (bicyclic) bond motifs is 1. The SMILES string of the molecule is CCOc1ccc([C@@H]2Nn3c(CC)nnc3S[C@@H]2C(=O)Nc2cc(C)cc(C)c2)cc1. The van der Waals surface area contributed by atoms with Gasteiger partial charge in [-0.1, -0.05) is 36.9 Å². The van der Waals surface area contributed by atoms with Crippen molar-refractivity contribution < 1.29 is 9.53 Å². The lowest BCUT2D eigenvalue weighted by Crippen LogP contribution is -2.41. The average molecular weight is 438 g/mol. The zero-order valence-electron chi connectivity index (χ0n) is 18.2. The summed E-state index contributed by atoms with van der Waals surface area (Å²) in [5.41, 5.74) is 7.49. The van der Waals surface area contributed by atoms with Crippen LogP contribution in [0.15, 0.2) is 47.6 Å². The minimum Gasteiger partial charge on any atom is -0.494 e. The highest BCUT2D eigenvalue weighted by atomic mass is 32.2. The van der Waals surface area contributed by atoms with Gasteiger partial charge in [0.05, 0.1) is 12.6 Å². The Hall–Kier alpha value is -3.00. The second-order valence-corrected chi connectivity index (χ2v) is 8.71. The number of carbonyl (C=O) groups excluding carboxylic acids is 1. The van der Waals surface area contributed by atoms with Crippen LogP contribution in [0.5, 0.6) is 5.75 Å². The third-order valence-corrected chi connectivity index (χ3v) is 6.33. The van der Waals surface area contributed by atoms with Gasteiger partial charge in [0.15, 0.2) is 5.82 Å². The van der Waals surface area contributed by atoms with Crippen molar-refractivity contribution in [1.82, 2.24) is 14.9 Å². The Labute approximate surface area is 186 Å². The molecule has 1 amide bonds. The normalized spacial score (nSPS) is 17.5. The van der Waals surface area contributed by atoms with Crippen molar-refractivity contribution in [3.63, 3.8) is 0 Å². The standard InChI is InChI=1S/C23H27N5O2S/c1-5-19-25-26-23-28(19)27-20(16-7-9-18(10-8-16)30-6-2)21(31-23)22(29)24-17-12-14(3)11-15(4)13-17/h7-13,20-21,27H,5-6H2,1-4H3,(H,24,29)/t20-,21-/m0/s1. The number of nitrogens with one attached hydrogen (secondary N) is 2. The van der Waals surface area contributed by atoms with Crippen LogP contribution in [-0.2, 0) is 11.2 Å². The molecule has 2 atom stereocenters. The number of anilines is 1. The van der Waals surface area contributed by atoms with Crippen molar-refractivity contribution in [3.8, 4) is 5.75 Å². The molecule has 0 saturated carbocycles. The molecule has 8 heteroatoms. The quantitative estimate of drug-likeness (QED) is 0.600. The second kappa shape index (κ2) is 9.01. The fraction of sp³-hybridized carbons (Fsp3) is 0.348. The molecule has 0 aliphatic carbocycles. The molecule has 0 radical (unpaired) electrons. The molecule has 31 heavy (non-hydrogen) atoms. The lowest BCUT2D eigenvalue weighted by molar-refractivity contribution is -0.116. The van der Waals surface area contributed by atoms with E-state index < -0.39 is 5.25 Å². The first-order valence-electron chi connectivity index (χ1n) is 10.5. The summed E-state index contributed by atoms with van der Waals surface area (Å²) < 4.78 is 7.47. The van der Waals surface area contributed by atoms with Crippen LogP contribution in [0.4, 0.5) is 5.69 Å². The summed E-state index contributed by atoms with van der Waals surface area (Å²) in [5, 5.41) is 11.9. The Morgan fingerprint density at radius 2 is 1.84 bits per heavy atom. The van der Waals surface area contributed by atoms with E-state index in [2.05, 4.69) is 27.0 Å². The average Bonchev–Trinajstić information content (AvgIpc) is 3.15. The predicted molar refractivity (Wildman–Crippen MR) is 123 cm³/mol. The number of aromatic nitrogens is 3. The van der Waals surface area contributed by atoms with E-state index in [4.69, 9.17) is 4.74 Å². The van der Waals surface area contributed by atoms with Crippen LogP contribution in [0.3, 0.4) is 0 Å². The maximum atomic E-state index is 13.4. The number of ether oxygens (including phenoxy) is 1. The second-order valence-electron chi connectivity index (χ2n) is 7.60. The van der Waals surface area contributed by atoms with Crippen molar-refractivity contribution in [3.05, 3.63) is 65.0 Å². The molecule has 3 aromatic rings. The van der Waals surface area contributed by atoms with E-state index in [0.717, 1.165) is 40.4 Å². The van der Waals surface area contributed by atoms with Gasteiger partial charge in [0.1, 0.15) is 11.0 Å². The molecule has 1 aliphatic rings. The number of rotatable bonds is 6. The molecular formula is C23H27N5O2S. The molecule has 2 N–H and O–H groups in total. The summed E-state index contributed by atoms with van der Waals surface area (Å²) in [5.74, 6) is 1.57. The van der Waals surface area contributed by atoms with Gasteiger partial charge in [0.2, 0.25) is 11.1 Å². The highest BCUT2D eigenvalue weighted by molar-refractivity contribution is 8.00. The van der Waals surface area contributed by atoms with Crippen molar-refractivity contribution >= 4 is 23.4 Å². The maximum absolute atomic E-state index is 13.4. The third kappa shape index (κ3) is 4.54. The highest BCUT2D eigenvalue weighted by Gasteiger charge is 2.37. The highest BCUT2D eigenvalue weighted by Crippen LogP contribution is 2.38. The summed E-state index contributed by atoms with van der Waals surface area (Å²) in [6.45, 7) is 8.66. The Bertz CT molecular complexity index is 1060. The smallest absolute Gasteiger partial charge is 0.240 e. The molecule has 4 rings (SSSR count). The molecule has 2 aromatic carbocycles. The van der Waals surface area contributed by atoms with Crippen LogP contribution in [-0.4, -0.2) is 32.6 Å². The van der Waals surface area contributed by atoms with Crippen molar-refractivity contribution in [2.75, 3.05) is 17.3 Å². The number of carbonyl (C=O) groups is 1. The van der Waals surface area contributed by atoms with Crippen LogP contribution in [0.2, 0.25) is 0 Å². The van der Waals surface area contributed by atoms with Gasteiger partial charge in [-0.15, -0.1) is 10.2 Å². The van der Waals surface area contributed by atoms with Crippen LogP contribution in [0.1, 0.15) is 42.4 Å². The molecule has 7 nitrogen and oxygen atoms in total. The summed E-state index contributed by atoms with van der Waals surface area (Å²) in [4.78, 5) is 13.4. The van der Waals surface area contributed by atoms with E-state index in [-0.39, 0.29) is 11.9 Å². The zero-order chi connectivity index (χ0) is 22.0. The number of thioether (sulfide) groups is 1. The summed E-state index contributed by atoms with van der Waals surface area (Å²) in [6.07, 6.45) is 0.746. The first-order valence-corrected chi connectivity index (χ1v) is 11.4. The molecule has 0 fully saturated rings. The Balaban J connectivity index is 1.65. The predicted octanol–water partition coefficient (Wildman–Crippen LogP) is 4.25. The fourth-order valence-corrected chi connectivity index (χ4v) is 4.87. The van der Waals surface area contributed by atoms with Gasteiger partial charge in [-0.2, -0.15) is 0 Å². The lowest BCUT2D eigenvalue weighted by atomic mass is 10.0. The van der Waals surface area contributed by atoms with E-state index >= 15 is 0 Å². The van der Waals surface area contributed by atoms with Gasteiger partial charge in [-0.05, 0) is 61.7 Å². The molecule has 162 valence electrons. The van der Waals surface area contributed by atoms with Gasteiger partial charge in [-0.3, -0.25) is 4.79 Å². The summed E-state index contributed by atoms with van der Waals surface area (Å²) >= 11 is 1.43. The molecule has 2 heterocycles. The lowest BCUT2D eigenvalue weighted by Gasteiger charge is -2.33. The van der Waals surface area contributed by atoms with Crippen LogP contribution in [0, 0.1) is 13.8 Å². The van der Waals surface area contributed by atoms with Gasteiger partial charge in [-0.25, -0.2) is 4.68 Å². The topological polar surface area (TPSA) is 81.1 Å². The number of benzene rings is 2. The van der Waals surface area contributed by atoms with E-state index in [9.17, 15) is 4.79 Å². The number of aryl methyl sites for hydroxylation is 3. The zero-order valence-corrected chi connectivity index (χ0v) is 19.0. The van der Waals surface area contributed by atoms with E-state index in [1.807, 2.05) is 68.8 Å². The Kier molecular flexibility index (Phi) is 6.18. The van der Waals surface area contributed by atoms with Crippen molar-refractivity contribution in [2.24, 2.45) is 0 Å². The first-order chi connectivity index (χ1) is 15.0. The minimum absolute atomic E-state index is 0.0753. The van der Waals surface area contributed by atoms with E-state index in [0.29, 0.717) is 11.8 Å². The third-order valence-electron chi connectivity index (χ3n) is 5.12. The fourth-order valence-electron chi connectivity index (χ4n) is 3.78. The molecule has 1 aromatic heterocycles. The summed E-state index contributed by atoms with van der Waals surface area (Å²) in [6, 6.07) is 13.7. The molecule has 0 saturated heterocycles. The first kappa shape index (κ1) is 21.2. The Morgan fingerprint density at radius 1 is 1.13 bits per heavy atom. The van der Waals surface area contributed by atoms with Gasteiger partial charge in [0, 0.05) is 12.1 Å². The number of nitrogens with zero attached hydrogens (tertiary/aromatic N) is 3. The number of hydrogen-bond donors (Lipinski definition) is 2. The maximum Gasteiger partial charge on any atom is 0.240 e. The van der Waals surface area contributed by atoms with Crippen LogP contribution in [0.25, 0.3) is 0 Å². The van der Waals surface area contributed by atoms with E-state index in [1.54, 1.807) is 0 Å². The van der Waals surface area contributed by atoms with Crippen molar-refractivity contribution in [1.29, 1.82) is 0 Å². The van der Waals surface area contributed by atoms with Gasteiger partial charge >= 0.3 is 0 Å². The van der Waals surface area contributed by atoms with E-state index in [1.165, 1.54) is 11.8 Å². The molecule has 0 bridgehead atoms. The largest absolute Gasteiger partial charge is 0.494 e.